The second-order valence-electron chi connectivity index (χ2n) is 4.90. The lowest BCUT2D eigenvalue weighted by molar-refractivity contribution is 0.0694. The average molecular weight is 284 g/mol. The van der Waals surface area contributed by atoms with Gasteiger partial charge in [-0.1, -0.05) is 44.2 Å². The Morgan fingerprint density at radius 3 is 2.10 bits per heavy atom. The molecule has 0 amide bonds. The Labute approximate surface area is 125 Å². The smallest absolute Gasteiger partial charge is 0.336 e. The summed E-state index contributed by atoms with van der Waals surface area (Å²) in [6.45, 7) is 4.41. The van der Waals surface area contributed by atoms with Crippen molar-refractivity contribution in [2.45, 2.75) is 33.3 Å². The van der Waals surface area contributed by atoms with Gasteiger partial charge in [-0.25, -0.2) is 4.79 Å². The Balaban J connectivity index is 2.26. The topological polar surface area (TPSA) is 46.5 Å². The van der Waals surface area contributed by atoms with Crippen molar-refractivity contribution >= 4 is 5.97 Å². The predicted octanol–water partition coefficient (Wildman–Crippen LogP) is 4.09. The molecule has 0 unspecified atom stereocenters. The molecule has 0 saturated carbocycles. The first-order valence-corrected chi connectivity index (χ1v) is 7.21. The van der Waals surface area contributed by atoms with Gasteiger partial charge in [-0.3, -0.25) is 0 Å². The van der Waals surface area contributed by atoms with Gasteiger partial charge in [0.05, 0.1) is 5.56 Å². The molecule has 0 aliphatic rings. The molecule has 0 aromatic heterocycles. The number of hydrogen-bond donors (Lipinski definition) is 1. The summed E-state index contributed by atoms with van der Waals surface area (Å²) in [6, 6.07) is 13.6. The highest BCUT2D eigenvalue weighted by molar-refractivity contribution is 5.91. The van der Waals surface area contributed by atoms with Crippen LogP contribution in [0.2, 0.25) is 0 Å². The molecule has 0 fully saturated rings. The molecule has 0 saturated heterocycles. The van der Waals surface area contributed by atoms with Crippen LogP contribution in [0.4, 0.5) is 0 Å². The number of rotatable bonds is 6. The largest absolute Gasteiger partial charge is 0.489 e. The molecule has 1 N–H and O–H groups in total. The van der Waals surface area contributed by atoms with Crippen LogP contribution >= 0.6 is 0 Å². The van der Waals surface area contributed by atoms with Crippen LogP contribution in [-0.4, -0.2) is 11.1 Å². The fourth-order valence-corrected chi connectivity index (χ4v) is 2.39. The van der Waals surface area contributed by atoms with Crippen LogP contribution in [0.25, 0.3) is 0 Å². The molecule has 0 spiro atoms. The standard InChI is InChI=1S/C18H20O3/c1-3-14-10-16(11-15(4-2)17(14)18(19)20)21-12-13-8-6-5-7-9-13/h5-11H,3-4,12H2,1-2H3,(H,19,20). The summed E-state index contributed by atoms with van der Waals surface area (Å²) >= 11 is 0. The SMILES string of the molecule is CCc1cc(OCc2ccccc2)cc(CC)c1C(=O)O. The molecule has 0 aliphatic carbocycles. The minimum Gasteiger partial charge on any atom is -0.489 e. The third-order valence-corrected chi connectivity index (χ3v) is 3.50. The molecule has 0 aliphatic heterocycles. The Bertz CT molecular complexity index is 593. The molecule has 3 nitrogen and oxygen atoms in total. The van der Waals surface area contributed by atoms with Gasteiger partial charge in [-0.05, 0) is 41.7 Å². The first-order chi connectivity index (χ1) is 10.2. The van der Waals surface area contributed by atoms with Crippen molar-refractivity contribution in [2.24, 2.45) is 0 Å². The van der Waals surface area contributed by atoms with E-state index < -0.39 is 5.97 Å². The van der Waals surface area contributed by atoms with Gasteiger partial charge in [0.25, 0.3) is 0 Å². The van der Waals surface area contributed by atoms with Crippen LogP contribution in [0.1, 0.15) is 40.9 Å². The molecule has 2 aromatic rings. The summed E-state index contributed by atoms with van der Waals surface area (Å²) in [7, 11) is 0. The van der Waals surface area contributed by atoms with E-state index in [1.54, 1.807) is 0 Å². The fraction of sp³-hybridized carbons (Fsp3) is 0.278. The van der Waals surface area contributed by atoms with Crippen LogP contribution in [0.15, 0.2) is 42.5 Å². The number of carboxylic acid groups (broad SMARTS) is 1. The van der Waals surface area contributed by atoms with Crippen molar-refractivity contribution in [3.8, 4) is 5.75 Å². The van der Waals surface area contributed by atoms with Crippen molar-refractivity contribution in [2.75, 3.05) is 0 Å². The van der Waals surface area contributed by atoms with Gasteiger partial charge >= 0.3 is 5.97 Å². The molecule has 110 valence electrons. The number of benzene rings is 2. The molecule has 3 heteroatoms. The highest BCUT2D eigenvalue weighted by atomic mass is 16.5. The van der Waals surface area contributed by atoms with E-state index in [-0.39, 0.29) is 0 Å². The maximum absolute atomic E-state index is 11.4. The highest BCUT2D eigenvalue weighted by Crippen LogP contribution is 2.25. The number of aromatic carboxylic acids is 1. The second kappa shape index (κ2) is 6.93. The van der Waals surface area contributed by atoms with Crippen LogP contribution < -0.4 is 4.74 Å². The van der Waals surface area contributed by atoms with Crippen molar-refractivity contribution in [3.05, 3.63) is 64.7 Å². The normalized spacial score (nSPS) is 10.4. The molecule has 2 rings (SSSR count). The molecule has 2 aromatic carbocycles. The first kappa shape index (κ1) is 15.1. The molecule has 0 radical (unpaired) electrons. The quantitative estimate of drug-likeness (QED) is 0.869. The Kier molecular flexibility index (Phi) is 4.99. The van der Waals surface area contributed by atoms with Gasteiger partial charge in [-0.15, -0.1) is 0 Å². The number of hydrogen-bond acceptors (Lipinski definition) is 2. The molecule has 0 bridgehead atoms. The van der Waals surface area contributed by atoms with Gasteiger partial charge in [0.15, 0.2) is 0 Å². The molecular weight excluding hydrogens is 264 g/mol. The third-order valence-electron chi connectivity index (χ3n) is 3.50. The van der Waals surface area contributed by atoms with Crippen molar-refractivity contribution < 1.29 is 14.6 Å². The van der Waals surface area contributed by atoms with E-state index in [0.717, 1.165) is 22.4 Å². The van der Waals surface area contributed by atoms with Crippen molar-refractivity contribution in [1.82, 2.24) is 0 Å². The van der Waals surface area contributed by atoms with E-state index in [2.05, 4.69) is 0 Å². The zero-order chi connectivity index (χ0) is 15.2. The van der Waals surface area contributed by atoms with E-state index >= 15 is 0 Å². The lowest BCUT2D eigenvalue weighted by atomic mass is 9.97. The van der Waals surface area contributed by atoms with Crippen LogP contribution in [-0.2, 0) is 19.4 Å². The van der Waals surface area contributed by atoms with Gasteiger partial charge in [0.2, 0.25) is 0 Å². The van der Waals surface area contributed by atoms with E-state index in [4.69, 9.17) is 4.74 Å². The van der Waals surface area contributed by atoms with Crippen LogP contribution in [0.3, 0.4) is 0 Å². The number of carbonyl (C=O) groups is 1. The summed E-state index contributed by atoms with van der Waals surface area (Å²) in [6.07, 6.45) is 1.36. The molecule has 21 heavy (non-hydrogen) atoms. The van der Waals surface area contributed by atoms with Gasteiger partial charge in [0, 0.05) is 0 Å². The Morgan fingerprint density at radius 1 is 1.05 bits per heavy atom. The zero-order valence-corrected chi connectivity index (χ0v) is 12.4. The summed E-state index contributed by atoms with van der Waals surface area (Å²) < 4.78 is 5.82. The summed E-state index contributed by atoms with van der Waals surface area (Å²) in [5.41, 5.74) is 3.16. The lowest BCUT2D eigenvalue weighted by Crippen LogP contribution is -2.08. The molecular formula is C18H20O3. The van der Waals surface area contributed by atoms with Crippen LogP contribution in [0, 0.1) is 0 Å². The third kappa shape index (κ3) is 3.63. The minimum absolute atomic E-state index is 0.423. The molecule has 0 atom stereocenters. The fourth-order valence-electron chi connectivity index (χ4n) is 2.39. The monoisotopic (exact) mass is 284 g/mol. The van der Waals surface area contributed by atoms with E-state index in [1.807, 2.05) is 56.3 Å². The summed E-state index contributed by atoms with van der Waals surface area (Å²) in [4.78, 5) is 11.4. The van der Waals surface area contributed by atoms with Gasteiger partial charge in [0.1, 0.15) is 12.4 Å². The van der Waals surface area contributed by atoms with Crippen molar-refractivity contribution in [3.63, 3.8) is 0 Å². The second-order valence-corrected chi connectivity index (χ2v) is 4.90. The Morgan fingerprint density at radius 2 is 1.62 bits per heavy atom. The number of aryl methyl sites for hydroxylation is 2. The van der Waals surface area contributed by atoms with E-state index in [9.17, 15) is 9.90 Å². The number of carboxylic acids is 1. The highest BCUT2D eigenvalue weighted by Gasteiger charge is 2.15. The van der Waals surface area contributed by atoms with Crippen LogP contribution in [0.5, 0.6) is 5.75 Å². The maximum Gasteiger partial charge on any atom is 0.336 e. The zero-order valence-electron chi connectivity index (χ0n) is 12.4. The van der Waals surface area contributed by atoms with Gasteiger partial charge < -0.3 is 9.84 Å². The van der Waals surface area contributed by atoms with E-state index in [1.165, 1.54) is 0 Å². The minimum atomic E-state index is -0.863. The maximum atomic E-state index is 11.4. The Hall–Kier alpha value is -2.29. The molecule has 0 heterocycles. The van der Waals surface area contributed by atoms with E-state index in [0.29, 0.717) is 25.0 Å². The predicted molar refractivity (Wildman–Crippen MR) is 82.9 cm³/mol. The number of ether oxygens (including phenoxy) is 1. The summed E-state index contributed by atoms with van der Waals surface area (Å²) in [5, 5.41) is 9.37. The lowest BCUT2D eigenvalue weighted by Gasteiger charge is -2.13. The first-order valence-electron chi connectivity index (χ1n) is 7.21. The van der Waals surface area contributed by atoms with Gasteiger partial charge in [-0.2, -0.15) is 0 Å². The average Bonchev–Trinajstić information content (AvgIpc) is 2.52. The summed E-state index contributed by atoms with van der Waals surface area (Å²) in [5.74, 6) is -0.129. The van der Waals surface area contributed by atoms with Crippen molar-refractivity contribution in [1.29, 1.82) is 0 Å².